The van der Waals surface area contributed by atoms with Crippen LogP contribution in [0.4, 0.5) is 0 Å². The molecule has 0 amide bonds. The van der Waals surface area contributed by atoms with Gasteiger partial charge < -0.3 is 38.6 Å². The molecule has 174 valence electrons. The Kier molecular flexibility index (Phi) is 8.98. The van der Waals surface area contributed by atoms with Gasteiger partial charge in [0.1, 0.15) is 24.4 Å². The number of aliphatic hydroxyl groups excluding tert-OH is 2. The van der Waals surface area contributed by atoms with Crippen molar-refractivity contribution in [2.45, 2.75) is 76.3 Å². The molecule has 0 spiro atoms. The molecule has 0 radical (unpaired) electrons. The molecule has 14 heteroatoms. The van der Waals surface area contributed by atoms with Gasteiger partial charge in [0, 0.05) is 32.1 Å². The number of azide groups is 1. The van der Waals surface area contributed by atoms with Crippen molar-refractivity contribution in [1.82, 2.24) is 0 Å². The summed E-state index contributed by atoms with van der Waals surface area (Å²) in [6, 6.07) is -1.29. The third-order valence-corrected chi connectivity index (χ3v) is 4.50. The van der Waals surface area contributed by atoms with Crippen molar-refractivity contribution in [2.24, 2.45) is 5.11 Å². The van der Waals surface area contributed by atoms with Gasteiger partial charge in [0.15, 0.2) is 18.7 Å². The lowest BCUT2D eigenvalue weighted by Crippen LogP contribution is -2.56. The van der Waals surface area contributed by atoms with Crippen molar-refractivity contribution in [3.05, 3.63) is 10.4 Å². The van der Waals surface area contributed by atoms with Crippen LogP contribution >= 0.6 is 0 Å². The van der Waals surface area contributed by atoms with Gasteiger partial charge in [0.05, 0.1) is 19.3 Å². The molecule has 2 aliphatic heterocycles. The van der Waals surface area contributed by atoms with Crippen LogP contribution in [-0.4, -0.2) is 90.5 Å². The molecule has 2 saturated heterocycles. The Labute approximate surface area is 176 Å². The Hall–Kier alpha value is -2.48. The van der Waals surface area contributed by atoms with Crippen molar-refractivity contribution in [3.63, 3.8) is 0 Å². The summed E-state index contributed by atoms with van der Waals surface area (Å²) in [4.78, 5) is 36.6. The van der Waals surface area contributed by atoms with Crippen LogP contribution in [0.2, 0.25) is 0 Å². The highest BCUT2D eigenvalue weighted by molar-refractivity contribution is 5.66. The molecule has 0 saturated carbocycles. The molecule has 0 aromatic carbocycles. The molecule has 0 bridgehead atoms. The summed E-state index contributed by atoms with van der Waals surface area (Å²) in [7, 11) is 0. The largest absolute Gasteiger partial charge is 0.466 e. The predicted octanol–water partition coefficient (Wildman–Crippen LogP) is -0.698. The number of hydrogen-bond acceptors (Lipinski definition) is 12. The van der Waals surface area contributed by atoms with E-state index in [1.165, 1.54) is 6.92 Å². The number of hydrogen-bond donors (Lipinski definition) is 2. The van der Waals surface area contributed by atoms with Crippen molar-refractivity contribution < 1.29 is 53.0 Å². The zero-order chi connectivity index (χ0) is 23.1. The Balaban J connectivity index is 2.24. The summed E-state index contributed by atoms with van der Waals surface area (Å²) < 4.78 is 31.7. The first-order valence-corrected chi connectivity index (χ1v) is 9.44. The third-order valence-electron chi connectivity index (χ3n) is 4.50. The maximum absolute atomic E-state index is 11.5. The van der Waals surface area contributed by atoms with E-state index >= 15 is 0 Å². The monoisotopic (exact) mass is 447 g/mol. The predicted molar refractivity (Wildman–Crippen MR) is 96.8 cm³/mol. The molecule has 0 aromatic heterocycles. The summed E-state index contributed by atoms with van der Waals surface area (Å²) in [6.07, 6.45) is -8.64. The van der Waals surface area contributed by atoms with Gasteiger partial charge in [0.25, 0.3) is 0 Å². The van der Waals surface area contributed by atoms with Crippen molar-refractivity contribution >= 4 is 17.9 Å². The molecule has 0 aromatic rings. The van der Waals surface area contributed by atoms with E-state index in [0.717, 1.165) is 13.8 Å². The highest BCUT2D eigenvalue weighted by atomic mass is 16.7. The maximum atomic E-state index is 11.5. The number of ether oxygens (including phenoxy) is 6. The minimum absolute atomic E-state index is 0.0700. The number of rotatable bonds is 8. The molecule has 14 nitrogen and oxygen atoms in total. The quantitative estimate of drug-likeness (QED) is 0.157. The van der Waals surface area contributed by atoms with Crippen molar-refractivity contribution in [2.75, 3.05) is 13.2 Å². The van der Waals surface area contributed by atoms with Gasteiger partial charge in [-0.2, -0.15) is 0 Å². The second-order valence-corrected chi connectivity index (χ2v) is 6.91. The molecular formula is C17H25N3O11. The molecule has 2 fully saturated rings. The Bertz CT molecular complexity index is 713. The lowest BCUT2D eigenvalue weighted by molar-refractivity contribution is -0.259. The lowest BCUT2D eigenvalue weighted by atomic mass is 10.0. The topological polar surface area (TPSA) is 196 Å². The summed E-state index contributed by atoms with van der Waals surface area (Å²) in [5.74, 6) is -1.96. The first-order chi connectivity index (χ1) is 14.6. The molecule has 2 heterocycles. The van der Waals surface area contributed by atoms with Crippen LogP contribution < -0.4 is 0 Å². The van der Waals surface area contributed by atoms with E-state index in [1.54, 1.807) is 0 Å². The van der Waals surface area contributed by atoms with Gasteiger partial charge in [-0.05, 0) is 5.53 Å². The number of carbonyl (C=O) groups is 3. The van der Waals surface area contributed by atoms with Gasteiger partial charge in [0.2, 0.25) is 0 Å². The Morgan fingerprint density at radius 3 is 2.29 bits per heavy atom. The Morgan fingerprint density at radius 1 is 1.06 bits per heavy atom. The van der Waals surface area contributed by atoms with E-state index in [1.807, 2.05) is 0 Å². The minimum atomic E-state index is -1.55. The fourth-order valence-electron chi connectivity index (χ4n) is 3.30. The van der Waals surface area contributed by atoms with Crippen LogP contribution in [0.3, 0.4) is 0 Å². The van der Waals surface area contributed by atoms with Gasteiger partial charge in [-0.1, -0.05) is 5.11 Å². The Morgan fingerprint density at radius 2 is 1.71 bits per heavy atom. The summed E-state index contributed by atoms with van der Waals surface area (Å²) in [5.41, 5.74) is 8.91. The lowest BCUT2D eigenvalue weighted by Gasteiger charge is -2.39. The van der Waals surface area contributed by atoms with Crippen LogP contribution in [0, 0.1) is 0 Å². The summed E-state index contributed by atoms with van der Waals surface area (Å²) >= 11 is 0. The molecule has 31 heavy (non-hydrogen) atoms. The minimum Gasteiger partial charge on any atom is -0.466 e. The van der Waals surface area contributed by atoms with Crippen LogP contribution in [0.25, 0.3) is 10.4 Å². The maximum Gasteiger partial charge on any atom is 0.303 e. The first-order valence-electron chi connectivity index (χ1n) is 9.44. The molecule has 2 rings (SSSR count). The molecule has 2 aliphatic rings. The third kappa shape index (κ3) is 6.75. The second-order valence-electron chi connectivity index (χ2n) is 6.91. The van der Waals surface area contributed by atoms with E-state index in [9.17, 15) is 24.6 Å². The van der Waals surface area contributed by atoms with E-state index in [0.29, 0.717) is 0 Å². The summed E-state index contributed by atoms with van der Waals surface area (Å²) in [5, 5.41) is 23.8. The van der Waals surface area contributed by atoms with E-state index < -0.39 is 67.0 Å². The first kappa shape index (κ1) is 24.8. The van der Waals surface area contributed by atoms with Crippen molar-refractivity contribution in [1.29, 1.82) is 0 Å². The standard InChI is InChI=1S/C17H25N3O11/c1-7(21)26-5-4-11-14(15(16(25)30-11)29-9(3)23)31-17-12(19-20-18)13(28-8(2)22)10(24)6-27-17/h10-17,24-25H,4-6H2,1-3H3/t10-,11-,12?,13+,14-,15-,16?,17-/m1/s1. The fraction of sp³-hybridized carbons (Fsp3) is 0.824. The van der Waals surface area contributed by atoms with E-state index in [4.69, 9.17) is 34.0 Å². The summed E-state index contributed by atoms with van der Waals surface area (Å²) in [6.45, 7) is 3.09. The fourth-order valence-corrected chi connectivity index (χ4v) is 3.30. The van der Waals surface area contributed by atoms with Crippen LogP contribution in [0.1, 0.15) is 27.2 Å². The van der Waals surface area contributed by atoms with Crippen LogP contribution in [0.5, 0.6) is 0 Å². The highest BCUT2D eigenvalue weighted by Crippen LogP contribution is 2.32. The highest BCUT2D eigenvalue weighted by Gasteiger charge is 2.51. The zero-order valence-electron chi connectivity index (χ0n) is 17.2. The zero-order valence-corrected chi connectivity index (χ0v) is 17.2. The average molecular weight is 447 g/mol. The number of aliphatic hydroxyl groups is 2. The van der Waals surface area contributed by atoms with Gasteiger partial charge in [-0.15, -0.1) is 0 Å². The second kappa shape index (κ2) is 11.2. The van der Waals surface area contributed by atoms with E-state index in [-0.39, 0.29) is 19.6 Å². The van der Waals surface area contributed by atoms with Crippen LogP contribution in [-0.2, 0) is 42.8 Å². The molecular weight excluding hydrogens is 422 g/mol. The molecule has 2 N–H and O–H groups in total. The molecule has 0 aliphatic carbocycles. The normalized spacial score (nSPS) is 35.0. The smallest absolute Gasteiger partial charge is 0.303 e. The average Bonchev–Trinajstić information content (AvgIpc) is 2.94. The molecule has 8 atom stereocenters. The number of nitrogens with zero attached hydrogens (tertiary/aromatic N) is 3. The van der Waals surface area contributed by atoms with Crippen LogP contribution in [0.15, 0.2) is 5.11 Å². The number of carbonyl (C=O) groups excluding carboxylic acids is 3. The van der Waals surface area contributed by atoms with Crippen molar-refractivity contribution in [3.8, 4) is 0 Å². The van der Waals surface area contributed by atoms with Gasteiger partial charge in [-0.3, -0.25) is 14.4 Å². The SMILES string of the molecule is CC(=O)OCC[C@H]1OC(O)[C@H](OC(C)=O)[C@@H]1O[C@H]1OC[C@@H](O)[C@H](OC(C)=O)C1N=[N+]=[N-]. The van der Waals surface area contributed by atoms with Gasteiger partial charge >= 0.3 is 17.9 Å². The number of esters is 3. The molecule has 2 unspecified atom stereocenters. The van der Waals surface area contributed by atoms with Gasteiger partial charge in [-0.25, -0.2) is 0 Å². The van der Waals surface area contributed by atoms with E-state index in [2.05, 4.69) is 10.0 Å².